The van der Waals surface area contributed by atoms with Crippen LogP contribution in [0.25, 0.3) is 0 Å². The number of hydrogen-bond donors (Lipinski definition) is 1. The van der Waals surface area contributed by atoms with Gasteiger partial charge in [-0.25, -0.2) is 0 Å². The Morgan fingerprint density at radius 3 is 2.40 bits per heavy atom. The molecule has 3 rings (SSSR count). The molecule has 0 aliphatic heterocycles. The van der Waals surface area contributed by atoms with Gasteiger partial charge >= 0.3 is 0 Å². The zero-order valence-corrected chi connectivity index (χ0v) is 21.9. The lowest BCUT2D eigenvalue weighted by Crippen LogP contribution is -2.51. The number of aryl methyl sites for hydroxylation is 1. The highest BCUT2D eigenvalue weighted by Crippen LogP contribution is 2.21. The van der Waals surface area contributed by atoms with Gasteiger partial charge in [-0.3, -0.25) is 9.59 Å². The smallest absolute Gasteiger partial charge is 0.243 e. The summed E-state index contributed by atoms with van der Waals surface area (Å²) in [4.78, 5) is 28.7. The summed E-state index contributed by atoms with van der Waals surface area (Å²) >= 11 is 7.65. The van der Waals surface area contributed by atoms with Crippen molar-refractivity contribution in [3.05, 3.63) is 106 Å². The van der Waals surface area contributed by atoms with Gasteiger partial charge in [0.1, 0.15) is 6.04 Å². The van der Waals surface area contributed by atoms with Crippen molar-refractivity contribution in [2.24, 2.45) is 0 Å². The standard InChI is InChI=1S/C29H33ClN2O2S/c1-3-16-31-29(34)27(18-23-11-5-4-6-12-23)32(19-25-14-8-7-10-22(25)2)28(33)21-35-20-24-13-9-15-26(30)17-24/h4-15,17,27H,3,16,18-21H2,1-2H3,(H,31,34). The molecule has 0 saturated carbocycles. The number of carbonyl (C=O) groups excluding carboxylic acids is 2. The third kappa shape index (κ3) is 8.44. The molecule has 0 saturated heterocycles. The summed E-state index contributed by atoms with van der Waals surface area (Å²) in [6.07, 6.45) is 1.30. The molecule has 184 valence electrons. The predicted molar refractivity (Wildman–Crippen MR) is 147 cm³/mol. The van der Waals surface area contributed by atoms with Crippen LogP contribution in [0, 0.1) is 6.92 Å². The predicted octanol–water partition coefficient (Wildman–Crippen LogP) is 6.05. The zero-order chi connectivity index (χ0) is 25.0. The SMILES string of the molecule is CCCNC(=O)C(Cc1ccccc1)N(Cc1ccccc1C)C(=O)CSCc1cccc(Cl)c1. The molecular formula is C29H33ClN2O2S. The maximum Gasteiger partial charge on any atom is 0.243 e. The Kier molecular flexibility index (Phi) is 10.7. The van der Waals surface area contributed by atoms with Gasteiger partial charge in [-0.15, -0.1) is 11.8 Å². The van der Waals surface area contributed by atoms with Gasteiger partial charge in [-0.1, -0.05) is 85.3 Å². The molecular weight excluding hydrogens is 476 g/mol. The maximum atomic E-state index is 13.6. The minimum Gasteiger partial charge on any atom is -0.354 e. The summed E-state index contributed by atoms with van der Waals surface area (Å²) in [5.41, 5.74) is 4.24. The van der Waals surface area contributed by atoms with E-state index in [0.717, 1.165) is 28.7 Å². The summed E-state index contributed by atoms with van der Waals surface area (Å²) in [5.74, 6) is 0.797. The highest BCUT2D eigenvalue weighted by molar-refractivity contribution is 7.99. The van der Waals surface area contributed by atoms with E-state index in [2.05, 4.69) is 5.32 Å². The lowest BCUT2D eigenvalue weighted by Gasteiger charge is -2.32. The van der Waals surface area contributed by atoms with Crippen molar-refractivity contribution in [3.63, 3.8) is 0 Å². The molecule has 0 spiro atoms. The van der Waals surface area contributed by atoms with Gasteiger partial charge in [-0.2, -0.15) is 0 Å². The number of carbonyl (C=O) groups is 2. The van der Waals surface area contributed by atoms with Crippen molar-refractivity contribution in [1.82, 2.24) is 10.2 Å². The van der Waals surface area contributed by atoms with Crippen LogP contribution in [0.15, 0.2) is 78.9 Å². The Balaban J connectivity index is 1.84. The molecule has 1 unspecified atom stereocenters. The monoisotopic (exact) mass is 508 g/mol. The van der Waals surface area contributed by atoms with Crippen LogP contribution < -0.4 is 5.32 Å². The molecule has 0 radical (unpaired) electrons. The number of amides is 2. The Hall–Kier alpha value is -2.76. The quantitative estimate of drug-likeness (QED) is 0.324. The second-order valence-electron chi connectivity index (χ2n) is 8.57. The summed E-state index contributed by atoms with van der Waals surface area (Å²) in [7, 11) is 0. The lowest BCUT2D eigenvalue weighted by atomic mass is 10.0. The van der Waals surface area contributed by atoms with Crippen LogP contribution in [-0.4, -0.2) is 35.1 Å². The highest BCUT2D eigenvalue weighted by Gasteiger charge is 2.30. The second-order valence-corrected chi connectivity index (χ2v) is 9.99. The van der Waals surface area contributed by atoms with Gasteiger partial charge < -0.3 is 10.2 Å². The van der Waals surface area contributed by atoms with Crippen molar-refractivity contribution in [3.8, 4) is 0 Å². The van der Waals surface area contributed by atoms with Gasteiger partial charge in [0, 0.05) is 30.3 Å². The van der Waals surface area contributed by atoms with Gasteiger partial charge in [0.2, 0.25) is 11.8 Å². The summed E-state index contributed by atoms with van der Waals surface area (Å²) in [5, 5.41) is 3.71. The number of nitrogens with zero attached hydrogens (tertiary/aromatic N) is 1. The largest absolute Gasteiger partial charge is 0.354 e. The number of hydrogen-bond acceptors (Lipinski definition) is 3. The average Bonchev–Trinajstić information content (AvgIpc) is 2.86. The van der Waals surface area contributed by atoms with Crippen molar-refractivity contribution in [1.29, 1.82) is 0 Å². The number of benzene rings is 3. The molecule has 6 heteroatoms. The Labute approximate surface area is 218 Å². The number of thioether (sulfide) groups is 1. The molecule has 1 atom stereocenters. The fourth-order valence-corrected chi connectivity index (χ4v) is 4.93. The van der Waals surface area contributed by atoms with Crippen LogP contribution in [0.1, 0.15) is 35.6 Å². The average molecular weight is 509 g/mol. The molecule has 0 aliphatic carbocycles. The summed E-state index contributed by atoms with van der Waals surface area (Å²) < 4.78 is 0. The first-order valence-corrected chi connectivity index (χ1v) is 13.5. The van der Waals surface area contributed by atoms with Crippen molar-refractivity contribution in [2.75, 3.05) is 12.3 Å². The third-order valence-electron chi connectivity index (χ3n) is 5.81. The molecule has 0 bridgehead atoms. The van der Waals surface area contributed by atoms with Crippen molar-refractivity contribution >= 4 is 35.2 Å². The van der Waals surface area contributed by atoms with Crippen LogP contribution in [0.2, 0.25) is 5.02 Å². The third-order valence-corrected chi connectivity index (χ3v) is 7.03. The van der Waals surface area contributed by atoms with Crippen molar-refractivity contribution < 1.29 is 9.59 Å². The normalized spacial score (nSPS) is 11.6. The molecule has 35 heavy (non-hydrogen) atoms. The fraction of sp³-hybridized carbons (Fsp3) is 0.310. The van der Waals surface area contributed by atoms with Gasteiger partial charge in [0.05, 0.1) is 5.75 Å². The Morgan fingerprint density at radius 2 is 1.69 bits per heavy atom. The Bertz CT molecular complexity index is 1110. The van der Waals surface area contributed by atoms with Crippen LogP contribution in [0.4, 0.5) is 0 Å². The number of rotatable bonds is 12. The van der Waals surface area contributed by atoms with E-state index in [1.54, 1.807) is 4.90 Å². The van der Waals surface area contributed by atoms with Gasteiger partial charge in [0.15, 0.2) is 0 Å². The molecule has 0 heterocycles. The van der Waals surface area contributed by atoms with Gasteiger partial charge in [0.25, 0.3) is 0 Å². The van der Waals surface area contributed by atoms with E-state index < -0.39 is 6.04 Å². The van der Waals surface area contributed by atoms with E-state index in [4.69, 9.17) is 11.6 Å². The summed E-state index contributed by atoms with van der Waals surface area (Å²) in [6, 6.07) is 25.0. The molecule has 0 aromatic heterocycles. The van der Waals surface area contributed by atoms with E-state index in [1.807, 2.05) is 92.7 Å². The Morgan fingerprint density at radius 1 is 0.971 bits per heavy atom. The number of nitrogens with one attached hydrogen (secondary N) is 1. The molecule has 3 aromatic carbocycles. The molecule has 2 amide bonds. The summed E-state index contributed by atoms with van der Waals surface area (Å²) in [6.45, 7) is 5.03. The molecule has 1 N–H and O–H groups in total. The zero-order valence-electron chi connectivity index (χ0n) is 20.4. The first-order chi connectivity index (χ1) is 17.0. The van der Waals surface area contributed by atoms with Crippen LogP contribution >= 0.6 is 23.4 Å². The lowest BCUT2D eigenvalue weighted by molar-refractivity contribution is -0.139. The van der Waals surface area contributed by atoms with E-state index in [-0.39, 0.29) is 17.6 Å². The number of halogens is 1. The fourth-order valence-electron chi connectivity index (χ4n) is 3.86. The second kappa shape index (κ2) is 14.0. The van der Waals surface area contributed by atoms with E-state index >= 15 is 0 Å². The van der Waals surface area contributed by atoms with Crippen LogP contribution in [0.3, 0.4) is 0 Å². The molecule has 3 aromatic rings. The van der Waals surface area contributed by atoms with Crippen molar-refractivity contribution in [2.45, 2.75) is 45.0 Å². The molecule has 0 fully saturated rings. The topological polar surface area (TPSA) is 49.4 Å². The van der Waals surface area contributed by atoms with Crippen LogP contribution in [0.5, 0.6) is 0 Å². The molecule has 0 aliphatic rings. The van der Waals surface area contributed by atoms with Crippen LogP contribution in [-0.2, 0) is 28.3 Å². The van der Waals surface area contributed by atoms with E-state index in [0.29, 0.717) is 30.3 Å². The minimum absolute atomic E-state index is 0.0483. The first-order valence-electron chi connectivity index (χ1n) is 12.0. The van der Waals surface area contributed by atoms with Gasteiger partial charge in [-0.05, 0) is 47.7 Å². The first kappa shape index (κ1) is 26.8. The minimum atomic E-state index is -0.595. The van der Waals surface area contributed by atoms with E-state index in [9.17, 15) is 9.59 Å². The van der Waals surface area contributed by atoms with E-state index in [1.165, 1.54) is 11.8 Å². The highest BCUT2D eigenvalue weighted by atomic mass is 35.5. The molecule has 4 nitrogen and oxygen atoms in total. The maximum absolute atomic E-state index is 13.6.